The van der Waals surface area contributed by atoms with Crippen molar-refractivity contribution in [3.8, 4) is 0 Å². The van der Waals surface area contributed by atoms with E-state index in [0.29, 0.717) is 29.3 Å². The van der Waals surface area contributed by atoms with Gasteiger partial charge in [-0.25, -0.2) is 4.98 Å². The van der Waals surface area contributed by atoms with E-state index in [1.54, 1.807) is 13.2 Å². The number of ether oxygens (including phenoxy) is 1. The first-order valence-corrected chi connectivity index (χ1v) is 6.52. The van der Waals surface area contributed by atoms with Crippen LogP contribution in [0.5, 0.6) is 0 Å². The fourth-order valence-electron chi connectivity index (χ4n) is 1.81. The number of nitrogens with zero attached hydrogens (tertiary/aromatic N) is 3. The molecule has 0 aromatic carbocycles. The van der Waals surface area contributed by atoms with E-state index in [2.05, 4.69) is 10.1 Å². The summed E-state index contributed by atoms with van der Waals surface area (Å²) in [4.78, 5) is 16.4. The largest absolute Gasteiger partial charge is 0.377 e. The van der Waals surface area contributed by atoms with Gasteiger partial charge in [-0.15, -0.1) is 11.3 Å². The van der Waals surface area contributed by atoms with E-state index in [0.717, 1.165) is 5.52 Å². The molecule has 6 nitrogen and oxygen atoms in total. The van der Waals surface area contributed by atoms with Crippen molar-refractivity contribution in [2.24, 2.45) is 0 Å². The van der Waals surface area contributed by atoms with Crippen molar-refractivity contribution in [1.82, 2.24) is 14.7 Å². The molecule has 0 radical (unpaired) electrons. The molecular weight excluding hydrogens is 266 g/mol. The molecule has 0 aliphatic carbocycles. The Labute approximate surface area is 112 Å². The molecule has 0 saturated carbocycles. The fourth-order valence-corrected chi connectivity index (χ4v) is 2.60. The molecule has 0 unspecified atom stereocenters. The Hall–Kier alpha value is -1.99. The highest BCUT2D eigenvalue weighted by Gasteiger charge is 2.09. The number of rotatable bonds is 4. The highest BCUT2D eigenvalue weighted by molar-refractivity contribution is 7.17. The van der Waals surface area contributed by atoms with E-state index >= 15 is 0 Å². The molecule has 0 atom stereocenters. The standard InChI is InChI=1S/C12H11N3O3S/c1-17-6-9-4-8(14-18-9)5-15-7-13-10-2-3-19-11(10)12(15)16/h2-4,7H,5-6H2,1H3. The van der Waals surface area contributed by atoms with Gasteiger partial charge in [-0.05, 0) is 11.4 Å². The summed E-state index contributed by atoms with van der Waals surface area (Å²) < 4.78 is 12.2. The lowest BCUT2D eigenvalue weighted by molar-refractivity contribution is 0.155. The molecule has 19 heavy (non-hydrogen) atoms. The van der Waals surface area contributed by atoms with Crippen LogP contribution in [0.4, 0.5) is 0 Å². The van der Waals surface area contributed by atoms with Gasteiger partial charge in [0.25, 0.3) is 5.56 Å². The maximum atomic E-state index is 12.2. The lowest BCUT2D eigenvalue weighted by Gasteiger charge is -2.01. The molecule has 3 aromatic rings. The van der Waals surface area contributed by atoms with Crippen molar-refractivity contribution in [3.63, 3.8) is 0 Å². The van der Waals surface area contributed by atoms with Gasteiger partial charge in [0.1, 0.15) is 17.0 Å². The summed E-state index contributed by atoms with van der Waals surface area (Å²) in [5.41, 5.74) is 1.34. The zero-order valence-electron chi connectivity index (χ0n) is 10.2. The van der Waals surface area contributed by atoms with E-state index in [4.69, 9.17) is 9.26 Å². The van der Waals surface area contributed by atoms with E-state index in [1.165, 1.54) is 22.2 Å². The molecule has 0 spiro atoms. The SMILES string of the molecule is COCc1cc(Cn2cnc3ccsc3c2=O)no1. The van der Waals surface area contributed by atoms with E-state index in [9.17, 15) is 4.79 Å². The van der Waals surface area contributed by atoms with E-state index in [1.807, 2.05) is 11.4 Å². The monoisotopic (exact) mass is 277 g/mol. The first-order chi connectivity index (χ1) is 9.28. The first kappa shape index (κ1) is 12.1. The van der Waals surface area contributed by atoms with Crippen LogP contribution in [-0.4, -0.2) is 21.8 Å². The predicted molar refractivity (Wildman–Crippen MR) is 70.2 cm³/mol. The molecule has 3 aromatic heterocycles. The normalized spacial score (nSPS) is 11.2. The van der Waals surface area contributed by atoms with Crippen molar-refractivity contribution >= 4 is 21.6 Å². The van der Waals surface area contributed by atoms with Crippen LogP contribution in [0.15, 0.2) is 33.2 Å². The fraction of sp³-hybridized carbons (Fsp3) is 0.250. The van der Waals surface area contributed by atoms with Crippen LogP contribution in [0.25, 0.3) is 10.2 Å². The van der Waals surface area contributed by atoms with Gasteiger partial charge in [0.2, 0.25) is 0 Å². The number of hydrogen-bond acceptors (Lipinski definition) is 6. The Balaban J connectivity index is 1.91. The van der Waals surface area contributed by atoms with Gasteiger partial charge in [0.15, 0.2) is 5.76 Å². The lowest BCUT2D eigenvalue weighted by atomic mass is 10.3. The number of methoxy groups -OCH3 is 1. The summed E-state index contributed by atoms with van der Waals surface area (Å²) >= 11 is 1.39. The molecule has 7 heteroatoms. The number of aromatic nitrogens is 3. The van der Waals surface area contributed by atoms with Crippen molar-refractivity contribution in [3.05, 3.63) is 45.6 Å². The average Bonchev–Trinajstić information content (AvgIpc) is 3.03. The summed E-state index contributed by atoms with van der Waals surface area (Å²) in [5, 5.41) is 5.76. The second-order valence-electron chi connectivity index (χ2n) is 4.03. The molecule has 0 aliphatic heterocycles. The van der Waals surface area contributed by atoms with Crippen LogP contribution in [0.1, 0.15) is 11.5 Å². The molecule has 0 aliphatic rings. The van der Waals surface area contributed by atoms with Crippen molar-refractivity contribution in [1.29, 1.82) is 0 Å². The van der Waals surface area contributed by atoms with Crippen LogP contribution in [0.2, 0.25) is 0 Å². The molecule has 98 valence electrons. The minimum Gasteiger partial charge on any atom is -0.377 e. The molecule has 0 saturated heterocycles. The maximum absolute atomic E-state index is 12.2. The van der Waals surface area contributed by atoms with Crippen molar-refractivity contribution < 1.29 is 9.26 Å². The molecule has 0 fully saturated rings. The number of hydrogen-bond donors (Lipinski definition) is 0. The summed E-state index contributed by atoms with van der Waals surface area (Å²) in [6, 6.07) is 3.60. The Morgan fingerprint density at radius 2 is 2.42 bits per heavy atom. The molecule has 0 bridgehead atoms. The van der Waals surface area contributed by atoms with Crippen LogP contribution >= 0.6 is 11.3 Å². The predicted octanol–water partition coefficient (Wildman–Crippen LogP) is 1.64. The van der Waals surface area contributed by atoms with Gasteiger partial charge in [-0.1, -0.05) is 5.16 Å². The first-order valence-electron chi connectivity index (χ1n) is 5.64. The van der Waals surface area contributed by atoms with Crippen LogP contribution in [0, 0.1) is 0 Å². The van der Waals surface area contributed by atoms with Gasteiger partial charge in [0, 0.05) is 13.2 Å². The topological polar surface area (TPSA) is 70.2 Å². The molecule has 0 amide bonds. The molecular formula is C12H11N3O3S. The van der Waals surface area contributed by atoms with Gasteiger partial charge in [-0.2, -0.15) is 0 Å². The average molecular weight is 277 g/mol. The molecule has 0 N–H and O–H groups in total. The minimum absolute atomic E-state index is 0.0590. The quantitative estimate of drug-likeness (QED) is 0.725. The number of fused-ring (bicyclic) bond motifs is 1. The van der Waals surface area contributed by atoms with Crippen molar-refractivity contribution in [2.75, 3.05) is 7.11 Å². The third-order valence-electron chi connectivity index (χ3n) is 2.66. The zero-order chi connectivity index (χ0) is 13.2. The summed E-state index contributed by atoms with van der Waals surface area (Å²) in [5.74, 6) is 0.635. The second kappa shape index (κ2) is 4.94. The highest BCUT2D eigenvalue weighted by atomic mass is 32.1. The Morgan fingerprint density at radius 1 is 1.53 bits per heavy atom. The van der Waals surface area contributed by atoms with Gasteiger partial charge >= 0.3 is 0 Å². The smallest absolute Gasteiger partial charge is 0.271 e. The highest BCUT2D eigenvalue weighted by Crippen LogP contribution is 2.13. The summed E-state index contributed by atoms with van der Waals surface area (Å²) in [6.07, 6.45) is 1.53. The second-order valence-corrected chi connectivity index (χ2v) is 4.95. The lowest BCUT2D eigenvalue weighted by Crippen LogP contribution is -2.20. The van der Waals surface area contributed by atoms with E-state index in [-0.39, 0.29) is 5.56 Å². The van der Waals surface area contributed by atoms with Gasteiger partial charge < -0.3 is 9.26 Å². The number of thiophene rings is 1. The van der Waals surface area contributed by atoms with Crippen LogP contribution in [-0.2, 0) is 17.9 Å². The van der Waals surface area contributed by atoms with Crippen molar-refractivity contribution in [2.45, 2.75) is 13.2 Å². The van der Waals surface area contributed by atoms with Crippen LogP contribution in [0.3, 0.4) is 0 Å². The zero-order valence-corrected chi connectivity index (χ0v) is 11.0. The third-order valence-corrected chi connectivity index (χ3v) is 3.55. The Kier molecular flexibility index (Phi) is 3.14. The molecule has 3 heterocycles. The van der Waals surface area contributed by atoms with Gasteiger partial charge in [-0.3, -0.25) is 9.36 Å². The summed E-state index contributed by atoms with van der Waals surface area (Å²) in [6.45, 7) is 0.705. The van der Waals surface area contributed by atoms with Crippen LogP contribution < -0.4 is 5.56 Å². The Bertz CT molecular complexity index is 759. The maximum Gasteiger partial charge on any atom is 0.271 e. The van der Waals surface area contributed by atoms with Gasteiger partial charge in [0.05, 0.1) is 18.4 Å². The third kappa shape index (κ3) is 2.29. The van der Waals surface area contributed by atoms with E-state index < -0.39 is 0 Å². The molecule has 3 rings (SSSR count). The Morgan fingerprint density at radius 3 is 3.26 bits per heavy atom. The minimum atomic E-state index is -0.0590. The summed E-state index contributed by atoms with van der Waals surface area (Å²) in [7, 11) is 1.58.